The lowest BCUT2D eigenvalue weighted by atomic mass is 9.80. The van der Waals surface area contributed by atoms with Crippen molar-refractivity contribution >= 4 is 11.9 Å². The van der Waals surface area contributed by atoms with Crippen LogP contribution in [0.1, 0.15) is 48.1 Å². The molecule has 5 rings (SSSR count). The van der Waals surface area contributed by atoms with Gasteiger partial charge >= 0.3 is 11.9 Å². The summed E-state index contributed by atoms with van der Waals surface area (Å²) in [6, 6.07) is 29.4. The lowest BCUT2D eigenvalue weighted by molar-refractivity contribution is -0.140. The van der Waals surface area contributed by atoms with Crippen molar-refractivity contribution in [2.75, 3.05) is 46.4 Å². The quantitative estimate of drug-likeness (QED) is 0.343. The van der Waals surface area contributed by atoms with E-state index in [4.69, 9.17) is 9.47 Å². The van der Waals surface area contributed by atoms with Crippen LogP contribution in [0, 0.1) is 6.92 Å². The Morgan fingerprint density at radius 2 is 1.37 bits per heavy atom. The Hall–Kier alpha value is -4.20. The molecule has 0 radical (unpaired) electrons. The molecule has 43 heavy (non-hydrogen) atoms. The fourth-order valence-corrected chi connectivity index (χ4v) is 6.30. The van der Waals surface area contributed by atoms with Crippen molar-refractivity contribution in [2.24, 2.45) is 0 Å². The Bertz CT molecular complexity index is 1450. The summed E-state index contributed by atoms with van der Waals surface area (Å²) in [5.41, 5.74) is 6.71. The highest BCUT2D eigenvalue weighted by Gasteiger charge is 2.38. The lowest BCUT2D eigenvalue weighted by Gasteiger charge is -2.39. The predicted octanol–water partition coefficient (Wildman–Crippen LogP) is 5.35. The maximum absolute atomic E-state index is 13.6. The first kappa shape index (κ1) is 30.3. The maximum Gasteiger partial charge on any atom is 0.336 e. The molecular weight excluding hydrogens is 538 g/mol. The van der Waals surface area contributed by atoms with Gasteiger partial charge in [-0.2, -0.15) is 0 Å². The van der Waals surface area contributed by atoms with Gasteiger partial charge in [0.05, 0.1) is 30.2 Å². The highest BCUT2D eigenvalue weighted by molar-refractivity contribution is 5.99. The largest absolute Gasteiger partial charge is 0.466 e. The number of hydrogen-bond donors (Lipinski definition) is 1. The summed E-state index contributed by atoms with van der Waals surface area (Å²) in [6.45, 7) is 10.2. The highest BCUT2D eigenvalue weighted by Crippen LogP contribution is 2.39. The number of allylic oxidation sites excluding steroid dienone is 2. The first-order valence-corrected chi connectivity index (χ1v) is 14.9. The Kier molecular flexibility index (Phi) is 9.75. The second-order valence-corrected chi connectivity index (χ2v) is 11.3. The fourth-order valence-electron chi connectivity index (χ4n) is 6.30. The average Bonchev–Trinajstić information content (AvgIpc) is 3.02. The third-order valence-electron chi connectivity index (χ3n) is 8.40. The molecule has 1 unspecified atom stereocenters. The molecule has 3 aromatic carbocycles. The van der Waals surface area contributed by atoms with Crippen molar-refractivity contribution < 1.29 is 19.1 Å². The van der Waals surface area contributed by atoms with Crippen LogP contribution < -0.4 is 5.32 Å². The summed E-state index contributed by atoms with van der Waals surface area (Å²) in [7, 11) is 1.36. The van der Waals surface area contributed by atoms with Gasteiger partial charge in [0, 0.05) is 44.1 Å². The van der Waals surface area contributed by atoms with Gasteiger partial charge < -0.3 is 14.8 Å². The molecular formula is C36H41N3O4. The van der Waals surface area contributed by atoms with Crippen LogP contribution in [0.25, 0.3) is 0 Å². The van der Waals surface area contributed by atoms with Crippen molar-refractivity contribution in [3.8, 4) is 0 Å². The molecule has 3 aromatic rings. The molecule has 0 amide bonds. The normalized spacial score (nSPS) is 18.0. The van der Waals surface area contributed by atoms with Crippen molar-refractivity contribution in [1.82, 2.24) is 15.1 Å². The Morgan fingerprint density at radius 3 is 1.93 bits per heavy atom. The van der Waals surface area contributed by atoms with Crippen molar-refractivity contribution in [3.63, 3.8) is 0 Å². The highest BCUT2D eigenvalue weighted by atomic mass is 16.5. The van der Waals surface area contributed by atoms with Crippen LogP contribution in [0.15, 0.2) is 107 Å². The number of nitrogens with one attached hydrogen (secondary N) is 1. The van der Waals surface area contributed by atoms with Gasteiger partial charge in [-0.05, 0) is 37.5 Å². The maximum atomic E-state index is 13.6. The fraction of sp³-hybridized carbons (Fsp3) is 0.333. The monoisotopic (exact) mass is 579 g/mol. The van der Waals surface area contributed by atoms with Gasteiger partial charge in [0.1, 0.15) is 6.61 Å². The molecule has 2 aliphatic heterocycles. The molecule has 0 spiro atoms. The minimum Gasteiger partial charge on any atom is -0.466 e. The summed E-state index contributed by atoms with van der Waals surface area (Å²) in [5.74, 6) is -1.45. The second-order valence-electron chi connectivity index (χ2n) is 11.3. The molecule has 1 atom stereocenters. The Morgan fingerprint density at radius 1 is 0.791 bits per heavy atom. The van der Waals surface area contributed by atoms with E-state index in [2.05, 4.69) is 75.8 Å². The number of benzene rings is 3. The predicted molar refractivity (Wildman–Crippen MR) is 168 cm³/mol. The van der Waals surface area contributed by atoms with E-state index in [1.54, 1.807) is 0 Å². The minimum atomic E-state index is -0.572. The third-order valence-corrected chi connectivity index (χ3v) is 8.40. The zero-order chi connectivity index (χ0) is 30.3. The first-order chi connectivity index (χ1) is 20.9. The van der Waals surface area contributed by atoms with Gasteiger partial charge in [-0.3, -0.25) is 9.80 Å². The number of carbonyl (C=O) groups is 2. The van der Waals surface area contributed by atoms with Gasteiger partial charge in [-0.1, -0.05) is 90.5 Å². The number of piperazine rings is 1. The van der Waals surface area contributed by atoms with Crippen LogP contribution in [-0.4, -0.2) is 68.2 Å². The number of aryl methyl sites for hydroxylation is 1. The van der Waals surface area contributed by atoms with Crippen LogP contribution in [-0.2, 0) is 19.1 Å². The van der Waals surface area contributed by atoms with E-state index in [1.165, 1.54) is 18.2 Å². The standard InChI is InChI=1S/C36H41N3O4/c1-25-12-11-17-30(24-25)33-31(35(40)42-4)26(2)37-27(3)32(33)36(41)43-23-22-38-18-20-39(21-19-38)34(28-13-7-5-8-14-28)29-15-9-6-10-16-29/h5-17,24,33-34,37H,18-23H2,1-4H3. The topological polar surface area (TPSA) is 71.1 Å². The van der Waals surface area contributed by atoms with Gasteiger partial charge in [0.2, 0.25) is 0 Å². The number of ether oxygens (including phenoxy) is 2. The molecule has 0 aromatic heterocycles. The van der Waals surface area contributed by atoms with E-state index in [0.717, 1.165) is 37.3 Å². The minimum absolute atomic E-state index is 0.204. The van der Waals surface area contributed by atoms with Crippen molar-refractivity contribution in [1.29, 1.82) is 0 Å². The molecule has 1 N–H and O–H groups in total. The van der Waals surface area contributed by atoms with Gasteiger partial charge in [-0.15, -0.1) is 0 Å². The Labute approximate surface area is 254 Å². The van der Waals surface area contributed by atoms with E-state index in [1.807, 2.05) is 45.0 Å². The summed E-state index contributed by atoms with van der Waals surface area (Å²) in [5, 5.41) is 3.21. The van der Waals surface area contributed by atoms with Crippen molar-refractivity contribution in [2.45, 2.75) is 32.7 Å². The number of nitrogens with zero attached hydrogens (tertiary/aromatic N) is 2. The van der Waals surface area contributed by atoms with Crippen LogP contribution >= 0.6 is 0 Å². The van der Waals surface area contributed by atoms with Gasteiger partial charge in [0.15, 0.2) is 0 Å². The number of methoxy groups -OCH3 is 1. The molecule has 1 fully saturated rings. The van der Waals surface area contributed by atoms with Crippen LogP contribution in [0.2, 0.25) is 0 Å². The molecule has 224 valence electrons. The third kappa shape index (κ3) is 6.90. The number of hydrogen-bond acceptors (Lipinski definition) is 7. The second kappa shape index (κ2) is 13.8. The zero-order valence-electron chi connectivity index (χ0n) is 25.5. The van der Waals surface area contributed by atoms with E-state index in [0.29, 0.717) is 29.1 Å². The number of dihydropyridines is 1. The zero-order valence-corrected chi connectivity index (χ0v) is 25.5. The molecule has 0 aliphatic carbocycles. The number of rotatable bonds is 9. The van der Waals surface area contributed by atoms with Crippen molar-refractivity contribution in [3.05, 3.63) is 130 Å². The number of carbonyl (C=O) groups excluding carboxylic acids is 2. The van der Waals surface area contributed by atoms with E-state index in [9.17, 15) is 9.59 Å². The summed E-state index contributed by atoms with van der Waals surface area (Å²) >= 11 is 0. The first-order valence-electron chi connectivity index (χ1n) is 14.9. The SMILES string of the molecule is COC(=O)C1=C(C)NC(C)=C(C(=O)OCCN2CCN(C(c3ccccc3)c3ccccc3)CC2)C1c1cccc(C)c1. The lowest BCUT2D eigenvalue weighted by Crippen LogP contribution is -2.48. The molecule has 0 bridgehead atoms. The van der Waals surface area contributed by atoms with E-state index in [-0.39, 0.29) is 12.6 Å². The molecule has 2 aliphatic rings. The smallest absolute Gasteiger partial charge is 0.336 e. The number of esters is 2. The summed E-state index contributed by atoms with van der Waals surface area (Å²) < 4.78 is 11.0. The summed E-state index contributed by atoms with van der Waals surface area (Å²) in [6.07, 6.45) is 0. The molecule has 7 nitrogen and oxygen atoms in total. The summed E-state index contributed by atoms with van der Waals surface area (Å²) in [4.78, 5) is 31.4. The molecule has 7 heteroatoms. The Balaban J connectivity index is 1.24. The average molecular weight is 580 g/mol. The van der Waals surface area contributed by atoms with Crippen LogP contribution in [0.3, 0.4) is 0 Å². The van der Waals surface area contributed by atoms with E-state index >= 15 is 0 Å². The van der Waals surface area contributed by atoms with Crippen LogP contribution in [0.5, 0.6) is 0 Å². The molecule has 2 heterocycles. The van der Waals surface area contributed by atoms with Gasteiger partial charge in [-0.25, -0.2) is 9.59 Å². The van der Waals surface area contributed by atoms with Crippen LogP contribution in [0.4, 0.5) is 0 Å². The van der Waals surface area contributed by atoms with Gasteiger partial charge in [0.25, 0.3) is 0 Å². The molecule has 1 saturated heterocycles. The molecule has 0 saturated carbocycles. The van der Waals surface area contributed by atoms with E-state index < -0.39 is 17.9 Å².